The van der Waals surface area contributed by atoms with E-state index in [-0.39, 0.29) is 38.5 Å². The number of benzene rings is 1. The van der Waals surface area contributed by atoms with Gasteiger partial charge in [-0.3, -0.25) is 10.9 Å². The van der Waals surface area contributed by atoms with Crippen molar-refractivity contribution in [1.82, 2.24) is 4.98 Å². The van der Waals surface area contributed by atoms with E-state index in [0.29, 0.717) is 6.79 Å². The Hall–Kier alpha value is -0.546. The van der Waals surface area contributed by atoms with Crippen LogP contribution < -0.4 is 0 Å². The zero-order chi connectivity index (χ0) is 14.9. The summed E-state index contributed by atoms with van der Waals surface area (Å²) in [5.74, 6) is 0.809. The molecule has 0 bridgehead atoms. The van der Waals surface area contributed by atoms with Gasteiger partial charge in [0.05, 0.1) is 5.79 Å². The summed E-state index contributed by atoms with van der Waals surface area (Å²) in [7, 11) is 0. The Morgan fingerprint density at radius 3 is 2.59 bits per heavy atom. The Morgan fingerprint density at radius 2 is 2.00 bits per heavy atom. The first-order valence-electron chi connectivity index (χ1n) is 7.22. The monoisotopic (exact) mass is 373 g/mol. The number of ether oxygens (including phenoxy) is 2. The van der Waals surface area contributed by atoms with Gasteiger partial charge in [0, 0.05) is 45.1 Å². The Balaban J connectivity index is 0.000000172. The van der Waals surface area contributed by atoms with E-state index in [1.165, 1.54) is 22.3 Å². The van der Waals surface area contributed by atoms with Crippen LogP contribution in [0, 0.1) is 5.92 Å². The molecule has 0 aliphatic carbocycles. The third-order valence-electron chi connectivity index (χ3n) is 4.08. The molecular formula is C17H20N2O2Y-2. The van der Waals surface area contributed by atoms with Crippen molar-refractivity contribution in [3.63, 3.8) is 0 Å². The molecule has 1 aromatic carbocycles. The van der Waals surface area contributed by atoms with Crippen LogP contribution in [0.5, 0.6) is 0 Å². The predicted molar refractivity (Wildman–Crippen MR) is 83.4 cm³/mol. The Labute approximate surface area is 156 Å². The van der Waals surface area contributed by atoms with Crippen LogP contribution in [-0.2, 0) is 48.6 Å². The Kier molecular flexibility index (Phi) is 5.95. The third kappa shape index (κ3) is 3.51. The number of rotatable bonds is 1. The molecule has 1 fully saturated rings. The second-order valence-electron chi connectivity index (χ2n) is 5.66. The zero-order valence-corrected chi connectivity index (χ0v) is 16.1. The molecule has 3 heterocycles. The van der Waals surface area contributed by atoms with Crippen LogP contribution in [0.1, 0.15) is 26.3 Å². The molecule has 2 aromatic rings. The number of pyridine rings is 1. The van der Waals surface area contributed by atoms with E-state index in [0.717, 1.165) is 18.7 Å². The van der Waals surface area contributed by atoms with Gasteiger partial charge in [0.15, 0.2) is 0 Å². The molecule has 5 heteroatoms. The summed E-state index contributed by atoms with van der Waals surface area (Å²) < 4.78 is 10.2. The first-order chi connectivity index (χ1) is 10.1. The summed E-state index contributed by atoms with van der Waals surface area (Å²) in [6.07, 6.45) is 4.89. The van der Waals surface area contributed by atoms with Crippen molar-refractivity contribution in [3.8, 4) is 0 Å². The van der Waals surface area contributed by atoms with Gasteiger partial charge in [0.1, 0.15) is 6.79 Å². The fourth-order valence-corrected chi connectivity index (χ4v) is 2.43. The zero-order valence-electron chi connectivity index (χ0n) is 13.3. The van der Waals surface area contributed by atoms with Gasteiger partial charge in [-0.15, -0.1) is 12.2 Å². The summed E-state index contributed by atoms with van der Waals surface area (Å²) in [5.41, 5.74) is 2.46. The smallest absolute Gasteiger partial charge is 0.147 e. The molecule has 115 valence electrons. The molecule has 4 nitrogen and oxygen atoms in total. The molecule has 0 atom stereocenters. The minimum atomic E-state index is -0.361. The van der Waals surface area contributed by atoms with E-state index in [1.54, 1.807) is 0 Å². The van der Waals surface area contributed by atoms with Gasteiger partial charge in [0.2, 0.25) is 0 Å². The topological polar surface area (TPSA) is 45.5 Å². The van der Waals surface area contributed by atoms with Gasteiger partial charge >= 0.3 is 0 Å². The number of hydrogen-bond donors (Lipinski definition) is 0. The average Bonchev–Trinajstić information content (AvgIpc) is 2.46. The molecule has 0 amide bonds. The van der Waals surface area contributed by atoms with Crippen LogP contribution in [0.15, 0.2) is 30.6 Å². The van der Waals surface area contributed by atoms with Crippen LogP contribution in [0.2, 0.25) is 0 Å². The van der Waals surface area contributed by atoms with Gasteiger partial charge in [-0.25, -0.2) is 0 Å². The van der Waals surface area contributed by atoms with Crippen molar-refractivity contribution in [1.29, 1.82) is 0 Å². The van der Waals surface area contributed by atoms with Crippen molar-refractivity contribution in [3.05, 3.63) is 47.4 Å². The second-order valence-corrected chi connectivity index (χ2v) is 5.66. The molecule has 2 aliphatic rings. The number of nitrogens with zero attached hydrogens (tertiary/aromatic N) is 2. The molecule has 0 unspecified atom stereocenters. The van der Waals surface area contributed by atoms with E-state index < -0.39 is 0 Å². The molecule has 0 N–H and O–H groups in total. The number of hydrogen-bond acceptors (Lipinski definition) is 3. The SMILES string of the molecule is C[C-](C)C1(C)OCO1.[Y].c1cc2c3c(cncc3c1)CC[N-]2. The molecule has 1 radical (unpaired) electrons. The fraction of sp³-hybridized carbons (Fsp3) is 0.412. The normalized spacial score (nSPS) is 17.6. The summed E-state index contributed by atoms with van der Waals surface area (Å²) in [6, 6.07) is 6.21. The molecule has 1 saturated heterocycles. The van der Waals surface area contributed by atoms with E-state index in [4.69, 9.17) is 9.47 Å². The quantitative estimate of drug-likeness (QED) is 0.707. The maximum Gasteiger partial charge on any atom is 0.147 e. The first kappa shape index (κ1) is 17.8. The average molecular weight is 373 g/mol. The maximum atomic E-state index is 5.12. The van der Waals surface area contributed by atoms with Gasteiger partial charge in [-0.1, -0.05) is 18.2 Å². The van der Waals surface area contributed by atoms with Gasteiger partial charge in [0.25, 0.3) is 0 Å². The van der Waals surface area contributed by atoms with Crippen LogP contribution in [0.4, 0.5) is 5.69 Å². The Morgan fingerprint density at radius 1 is 1.23 bits per heavy atom. The summed E-state index contributed by atoms with van der Waals surface area (Å²) >= 11 is 0. The van der Waals surface area contributed by atoms with E-state index in [1.807, 2.05) is 39.2 Å². The van der Waals surface area contributed by atoms with Crippen molar-refractivity contribution in [2.24, 2.45) is 0 Å². The predicted octanol–water partition coefficient (Wildman–Crippen LogP) is 4.11. The molecule has 4 rings (SSSR count). The first-order valence-corrected chi connectivity index (χ1v) is 7.22. The minimum Gasteiger partial charge on any atom is -0.684 e. The molecule has 1 aromatic heterocycles. The molecular weight excluding hydrogens is 353 g/mol. The van der Waals surface area contributed by atoms with Crippen molar-refractivity contribution in [2.45, 2.75) is 33.0 Å². The minimum absolute atomic E-state index is 0. The standard InChI is InChI=1S/C11H9N2.C6H11O2.Y/c1-2-8-6-12-7-9-4-5-13-10(3-1)11(8)9;1-5(2)6(3)7-4-8-6;/h1-3,6-7H,4-5H2;4H2,1-3H3;/q2*-1;. The summed E-state index contributed by atoms with van der Waals surface area (Å²) in [6.45, 7) is 7.27. The van der Waals surface area contributed by atoms with Crippen molar-refractivity contribution < 1.29 is 42.2 Å². The van der Waals surface area contributed by atoms with Gasteiger partial charge in [-0.2, -0.15) is 13.8 Å². The third-order valence-corrected chi connectivity index (χ3v) is 4.08. The van der Waals surface area contributed by atoms with Gasteiger partial charge in [-0.05, 0) is 29.7 Å². The summed E-state index contributed by atoms with van der Waals surface area (Å²) in [4.78, 5) is 4.22. The van der Waals surface area contributed by atoms with Crippen LogP contribution in [0.3, 0.4) is 0 Å². The van der Waals surface area contributed by atoms with Crippen molar-refractivity contribution in [2.75, 3.05) is 13.3 Å². The fourth-order valence-electron chi connectivity index (χ4n) is 2.43. The molecule has 0 spiro atoms. The second kappa shape index (κ2) is 7.35. The molecule has 22 heavy (non-hydrogen) atoms. The van der Waals surface area contributed by atoms with Crippen LogP contribution in [0.25, 0.3) is 16.1 Å². The maximum absolute atomic E-state index is 5.12. The van der Waals surface area contributed by atoms with E-state index in [9.17, 15) is 0 Å². The molecule has 2 aliphatic heterocycles. The Bertz CT molecular complexity index is 603. The van der Waals surface area contributed by atoms with E-state index in [2.05, 4.69) is 22.4 Å². The van der Waals surface area contributed by atoms with Crippen LogP contribution in [-0.4, -0.2) is 24.1 Å². The van der Waals surface area contributed by atoms with Crippen LogP contribution >= 0.6 is 0 Å². The largest absolute Gasteiger partial charge is 0.684 e. The van der Waals surface area contributed by atoms with E-state index >= 15 is 0 Å². The number of aromatic nitrogens is 1. The van der Waals surface area contributed by atoms with Gasteiger partial charge < -0.3 is 14.8 Å². The molecule has 0 saturated carbocycles. The van der Waals surface area contributed by atoms with Crippen molar-refractivity contribution >= 4 is 16.5 Å². The summed E-state index contributed by atoms with van der Waals surface area (Å²) in [5, 5.41) is 6.99.